The van der Waals surface area contributed by atoms with Crippen LogP contribution in [0.1, 0.15) is 28.9 Å². The van der Waals surface area contributed by atoms with Crippen molar-refractivity contribution >= 4 is 39.9 Å². The number of H-pyrrole nitrogens is 1. The molecule has 0 amide bonds. The van der Waals surface area contributed by atoms with Crippen LogP contribution in [0.4, 0.5) is 5.69 Å². The summed E-state index contributed by atoms with van der Waals surface area (Å²) in [5, 5.41) is 11.4. The summed E-state index contributed by atoms with van der Waals surface area (Å²) in [5.41, 5.74) is 3.34. The molecule has 0 saturated carbocycles. The molecule has 7 heteroatoms. The van der Waals surface area contributed by atoms with Gasteiger partial charge in [0.2, 0.25) is 0 Å². The van der Waals surface area contributed by atoms with Crippen LogP contribution in [-0.2, 0) is 4.79 Å². The zero-order chi connectivity index (χ0) is 20.5. The van der Waals surface area contributed by atoms with Crippen molar-refractivity contribution in [3.63, 3.8) is 0 Å². The number of piperazine rings is 1. The molecule has 6 nitrogen and oxygen atoms in total. The first-order valence-corrected chi connectivity index (χ1v) is 9.91. The molecule has 1 saturated heterocycles. The number of rotatable bonds is 5. The van der Waals surface area contributed by atoms with Gasteiger partial charge in [-0.05, 0) is 49.4 Å². The number of aliphatic carboxylic acids is 1. The van der Waals surface area contributed by atoms with Crippen molar-refractivity contribution in [3.8, 4) is 0 Å². The lowest BCUT2D eigenvalue weighted by Crippen LogP contribution is -2.49. The minimum absolute atomic E-state index is 0.0458. The zero-order valence-corrected chi connectivity index (χ0v) is 16.8. The third-order valence-corrected chi connectivity index (χ3v) is 5.76. The number of carboxylic acid groups (broad SMARTS) is 1. The van der Waals surface area contributed by atoms with Gasteiger partial charge in [0, 0.05) is 65.1 Å². The molecule has 0 bridgehead atoms. The van der Waals surface area contributed by atoms with Crippen LogP contribution in [0.15, 0.2) is 48.7 Å². The summed E-state index contributed by atoms with van der Waals surface area (Å²) in [6, 6.07) is 12.3. The number of nitrogens with zero attached hydrogens (tertiary/aromatic N) is 2. The van der Waals surface area contributed by atoms with Crippen LogP contribution in [0, 0.1) is 0 Å². The number of carbonyl (C=O) groups excluding carboxylic acids is 1. The number of hydrogen-bond donors (Lipinski definition) is 2. The smallest absolute Gasteiger partial charge is 0.325 e. The molecule has 0 spiro atoms. The molecule has 1 fully saturated rings. The van der Waals surface area contributed by atoms with Crippen molar-refractivity contribution in [1.29, 1.82) is 0 Å². The second-order valence-electron chi connectivity index (χ2n) is 7.30. The molecular formula is C22H22ClN3O3. The summed E-state index contributed by atoms with van der Waals surface area (Å²) in [4.78, 5) is 31.0. The summed E-state index contributed by atoms with van der Waals surface area (Å²) >= 11 is 6.13. The van der Waals surface area contributed by atoms with Gasteiger partial charge in [-0.2, -0.15) is 0 Å². The number of carbonyl (C=O) groups is 2. The number of anilines is 1. The number of ketones is 1. The Morgan fingerprint density at radius 1 is 1.07 bits per heavy atom. The molecule has 1 aromatic heterocycles. The highest BCUT2D eigenvalue weighted by Gasteiger charge is 2.32. The maximum Gasteiger partial charge on any atom is 0.325 e. The molecule has 150 valence electrons. The van der Waals surface area contributed by atoms with E-state index < -0.39 is 12.0 Å². The van der Waals surface area contributed by atoms with Gasteiger partial charge in [0.1, 0.15) is 6.04 Å². The molecular weight excluding hydrogens is 390 g/mol. The maximum absolute atomic E-state index is 12.1. The molecule has 2 heterocycles. The zero-order valence-electron chi connectivity index (χ0n) is 16.1. The second-order valence-corrected chi connectivity index (χ2v) is 7.74. The predicted octanol–water partition coefficient (Wildman–Crippen LogP) is 3.97. The first-order valence-electron chi connectivity index (χ1n) is 9.53. The summed E-state index contributed by atoms with van der Waals surface area (Å²) in [7, 11) is 0. The number of aromatic nitrogens is 1. The van der Waals surface area contributed by atoms with Crippen LogP contribution in [-0.4, -0.2) is 52.9 Å². The molecule has 0 aliphatic carbocycles. The quantitative estimate of drug-likeness (QED) is 0.621. The standard InChI is InChI=1S/C22H22ClN3O3/c1-14(27)15-2-5-17(6-3-15)25-8-10-26(11-9-25)21(22(28)29)19-13-24-20-7-4-16(23)12-18(19)20/h2-7,12-13,21,24H,8-11H2,1H3,(H,28,29). The summed E-state index contributed by atoms with van der Waals surface area (Å²) < 4.78 is 0. The fourth-order valence-corrected chi connectivity index (χ4v) is 4.14. The van der Waals surface area contributed by atoms with Gasteiger partial charge in [-0.3, -0.25) is 14.5 Å². The topological polar surface area (TPSA) is 76.6 Å². The van der Waals surface area contributed by atoms with Crippen molar-refractivity contribution in [2.24, 2.45) is 0 Å². The van der Waals surface area contributed by atoms with Crippen molar-refractivity contribution in [2.45, 2.75) is 13.0 Å². The second kappa shape index (κ2) is 7.89. The molecule has 2 N–H and O–H groups in total. The van der Waals surface area contributed by atoms with E-state index in [-0.39, 0.29) is 5.78 Å². The van der Waals surface area contributed by atoms with Gasteiger partial charge in [0.25, 0.3) is 0 Å². The van der Waals surface area contributed by atoms with E-state index in [0.717, 1.165) is 22.2 Å². The number of hydrogen-bond acceptors (Lipinski definition) is 4. The van der Waals surface area contributed by atoms with Gasteiger partial charge < -0.3 is 15.0 Å². The molecule has 1 atom stereocenters. The lowest BCUT2D eigenvalue weighted by Gasteiger charge is -2.38. The molecule has 29 heavy (non-hydrogen) atoms. The molecule has 3 aromatic rings. The lowest BCUT2D eigenvalue weighted by molar-refractivity contribution is -0.143. The minimum Gasteiger partial charge on any atom is -0.480 e. The van der Waals surface area contributed by atoms with Crippen LogP contribution in [0.25, 0.3) is 10.9 Å². The Kier molecular flexibility index (Phi) is 5.30. The van der Waals surface area contributed by atoms with Crippen molar-refractivity contribution < 1.29 is 14.7 Å². The molecule has 1 unspecified atom stereocenters. The number of halogens is 1. The largest absolute Gasteiger partial charge is 0.480 e. The van der Waals surface area contributed by atoms with E-state index in [9.17, 15) is 14.7 Å². The Labute approximate surface area is 173 Å². The average Bonchev–Trinajstić information content (AvgIpc) is 3.11. The third kappa shape index (κ3) is 3.86. The van der Waals surface area contributed by atoms with E-state index in [1.165, 1.54) is 0 Å². The number of aromatic amines is 1. The van der Waals surface area contributed by atoms with Crippen molar-refractivity contribution in [1.82, 2.24) is 9.88 Å². The Morgan fingerprint density at radius 2 is 1.76 bits per heavy atom. The van der Waals surface area contributed by atoms with Crippen LogP contribution < -0.4 is 4.90 Å². The fourth-order valence-electron chi connectivity index (χ4n) is 3.97. The molecule has 1 aliphatic rings. The van der Waals surface area contributed by atoms with E-state index >= 15 is 0 Å². The Bertz CT molecular complexity index is 1050. The maximum atomic E-state index is 12.1. The number of carboxylic acids is 1. The summed E-state index contributed by atoms with van der Waals surface area (Å²) in [6.45, 7) is 4.23. The SMILES string of the molecule is CC(=O)c1ccc(N2CCN(C(C(=O)O)c3c[nH]c4ccc(Cl)cc34)CC2)cc1. The average molecular weight is 412 g/mol. The normalized spacial score (nSPS) is 16.1. The van der Waals surface area contributed by atoms with Gasteiger partial charge in [-0.1, -0.05) is 11.6 Å². The van der Waals surface area contributed by atoms with E-state index in [0.29, 0.717) is 36.8 Å². The molecule has 1 aliphatic heterocycles. The van der Waals surface area contributed by atoms with Crippen LogP contribution >= 0.6 is 11.6 Å². The molecule has 2 aromatic carbocycles. The minimum atomic E-state index is -0.870. The van der Waals surface area contributed by atoms with Gasteiger partial charge in [0.15, 0.2) is 5.78 Å². The van der Waals surface area contributed by atoms with Crippen LogP contribution in [0.3, 0.4) is 0 Å². The molecule has 0 radical (unpaired) electrons. The monoisotopic (exact) mass is 411 g/mol. The van der Waals surface area contributed by atoms with Crippen molar-refractivity contribution in [3.05, 3.63) is 64.8 Å². The number of Topliss-reactive ketones (excluding diaryl/α,β-unsaturated/α-hetero) is 1. The van der Waals surface area contributed by atoms with E-state index in [2.05, 4.69) is 9.88 Å². The highest BCUT2D eigenvalue weighted by atomic mass is 35.5. The highest BCUT2D eigenvalue weighted by Crippen LogP contribution is 2.31. The number of fused-ring (bicyclic) bond motifs is 1. The van der Waals surface area contributed by atoms with Gasteiger partial charge in [-0.15, -0.1) is 0 Å². The first-order chi connectivity index (χ1) is 13.9. The predicted molar refractivity (Wildman–Crippen MR) is 114 cm³/mol. The van der Waals surface area contributed by atoms with Crippen LogP contribution in [0.5, 0.6) is 0 Å². The van der Waals surface area contributed by atoms with Gasteiger partial charge >= 0.3 is 5.97 Å². The Hall–Kier alpha value is -2.83. The van der Waals surface area contributed by atoms with Crippen molar-refractivity contribution in [2.75, 3.05) is 31.1 Å². The number of nitrogens with one attached hydrogen (secondary N) is 1. The van der Waals surface area contributed by atoms with E-state index in [1.807, 2.05) is 41.3 Å². The van der Waals surface area contributed by atoms with E-state index in [1.54, 1.807) is 19.2 Å². The van der Waals surface area contributed by atoms with Gasteiger partial charge in [-0.25, -0.2) is 0 Å². The van der Waals surface area contributed by atoms with E-state index in [4.69, 9.17) is 11.6 Å². The van der Waals surface area contributed by atoms with Gasteiger partial charge in [0.05, 0.1) is 0 Å². The Balaban J connectivity index is 1.53. The lowest BCUT2D eigenvalue weighted by atomic mass is 10.0. The Morgan fingerprint density at radius 3 is 2.38 bits per heavy atom. The number of benzene rings is 2. The van der Waals surface area contributed by atoms with Crippen LogP contribution in [0.2, 0.25) is 5.02 Å². The summed E-state index contributed by atoms with van der Waals surface area (Å²) in [6.07, 6.45) is 1.77. The molecule has 4 rings (SSSR count). The summed E-state index contributed by atoms with van der Waals surface area (Å²) in [5.74, 6) is -0.824. The highest BCUT2D eigenvalue weighted by molar-refractivity contribution is 6.31. The third-order valence-electron chi connectivity index (χ3n) is 5.52. The first kappa shape index (κ1) is 19.5. The fraction of sp³-hybridized carbons (Fsp3) is 0.273.